The van der Waals surface area contributed by atoms with Crippen LogP contribution in [-0.4, -0.2) is 17.6 Å². The smallest absolute Gasteiger partial charge is 0.350 e. The Morgan fingerprint density at radius 3 is 3.17 bits per heavy atom. The van der Waals surface area contributed by atoms with Crippen molar-refractivity contribution in [3.63, 3.8) is 0 Å². The van der Waals surface area contributed by atoms with Crippen LogP contribution in [0.2, 0.25) is 0 Å². The van der Waals surface area contributed by atoms with Gasteiger partial charge in [0.25, 0.3) is 0 Å². The van der Waals surface area contributed by atoms with Gasteiger partial charge in [-0.25, -0.2) is 9.78 Å². The van der Waals surface area contributed by atoms with Gasteiger partial charge in [-0.2, -0.15) is 0 Å². The van der Waals surface area contributed by atoms with Crippen LogP contribution in [0.15, 0.2) is 6.20 Å². The lowest BCUT2D eigenvalue weighted by Gasteiger charge is -1.94. The zero-order valence-electron chi connectivity index (χ0n) is 6.53. The largest absolute Gasteiger partial charge is 0.448 e. The fraction of sp³-hybridized carbons (Fsp3) is 0.250. The standard InChI is InChI=1S/C8H7NO2S/c1-3-4-11-8(10)7-5-9-6(2)12-7/h1,5H,4H2,2H3. The number of hydrogen-bond acceptors (Lipinski definition) is 4. The van der Waals surface area contributed by atoms with Crippen LogP contribution >= 0.6 is 11.3 Å². The maximum Gasteiger partial charge on any atom is 0.350 e. The van der Waals surface area contributed by atoms with Gasteiger partial charge in [0, 0.05) is 0 Å². The molecule has 4 heteroatoms. The number of aryl methyl sites for hydroxylation is 1. The fourth-order valence-electron chi connectivity index (χ4n) is 0.634. The monoisotopic (exact) mass is 181 g/mol. The van der Waals surface area contributed by atoms with Crippen molar-refractivity contribution in [2.45, 2.75) is 6.92 Å². The SMILES string of the molecule is C#CCOC(=O)c1cnc(C)s1. The zero-order valence-corrected chi connectivity index (χ0v) is 7.35. The van der Waals surface area contributed by atoms with Crippen LogP contribution in [-0.2, 0) is 4.74 Å². The highest BCUT2D eigenvalue weighted by Crippen LogP contribution is 2.12. The number of nitrogens with zero attached hydrogens (tertiary/aromatic N) is 1. The van der Waals surface area contributed by atoms with Crippen molar-refractivity contribution in [2.75, 3.05) is 6.61 Å². The molecule has 0 saturated heterocycles. The Bertz CT molecular complexity index is 324. The Labute approximate surface area is 74.4 Å². The molecule has 1 aromatic heterocycles. The van der Waals surface area contributed by atoms with Crippen molar-refractivity contribution >= 4 is 17.3 Å². The normalized spacial score (nSPS) is 9.00. The van der Waals surface area contributed by atoms with E-state index in [1.54, 1.807) is 0 Å². The van der Waals surface area contributed by atoms with Gasteiger partial charge in [0.05, 0.1) is 11.2 Å². The number of hydrogen-bond donors (Lipinski definition) is 0. The highest BCUT2D eigenvalue weighted by atomic mass is 32.1. The summed E-state index contributed by atoms with van der Waals surface area (Å²) < 4.78 is 4.69. The summed E-state index contributed by atoms with van der Waals surface area (Å²) in [5.41, 5.74) is 0. The first-order chi connectivity index (χ1) is 5.74. The maximum absolute atomic E-state index is 11.1. The molecular formula is C8H7NO2S. The Kier molecular flexibility index (Phi) is 2.83. The molecule has 0 aliphatic heterocycles. The molecule has 0 bridgehead atoms. The van der Waals surface area contributed by atoms with Crippen LogP contribution in [0.3, 0.4) is 0 Å². The second-order valence-corrected chi connectivity index (χ2v) is 3.26. The van der Waals surface area contributed by atoms with Crippen LogP contribution in [0.4, 0.5) is 0 Å². The van der Waals surface area contributed by atoms with E-state index in [0.29, 0.717) is 4.88 Å². The first-order valence-corrected chi connectivity index (χ1v) is 4.08. The van der Waals surface area contributed by atoms with E-state index in [-0.39, 0.29) is 6.61 Å². The van der Waals surface area contributed by atoms with Gasteiger partial charge in [-0.3, -0.25) is 0 Å². The van der Waals surface area contributed by atoms with Crippen molar-refractivity contribution in [1.29, 1.82) is 0 Å². The van der Waals surface area contributed by atoms with Crippen molar-refractivity contribution in [2.24, 2.45) is 0 Å². The molecule has 0 atom stereocenters. The van der Waals surface area contributed by atoms with E-state index >= 15 is 0 Å². The van der Waals surface area contributed by atoms with E-state index in [1.807, 2.05) is 6.92 Å². The van der Waals surface area contributed by atoms with Crippen LogP contribution in [0.5, 0.6) is 0 Å². The van der Waals surface area contributed by atoms with Gasteiger partial charge in [0.1, 0.15) is 4.88 Å². The minimum atomic E-state index is -0.404. The van der Waals surface area contributed by atoms with E-state index in [9.17, 15) is 4.79 Å². The molecule has 1 rings (SSSR count). The zero-order chi connectivity index (χ0) is 8.97. The molecule has 0 unspecified atom stereocenters. The Morgan fingerprint density at radius 1 is 1.92 bits per heavy atom. The number of rotatable bonds is 2. The van der Waals surface area contributed by atoms with E-state index in [1.165, 1.54) is 17.5 Å². The summed E-state index contributed by atoms with van der Waals surface area (Å²) >= 11 is 1.29. The highest BCUT2D eigenvalue weighted by Gasteiger charge is 2.08. The molecule has 0 spiro atoms. The molecule has 0 aliphatic rings. The summed E-state index contributed by atoms with van der Waals surface area (Å²) in [6.45, 7) is 1.83. The first-order valence-electron chi connectivity index (χ1n) is 3.27. The first kappa shape index (κ1) is 8.75. The van der Waals surface area contributed by atoms with Crippen LogP contribution in [0, 0.1) is 19.3 Å². The van der Waals surface area contributed by atoms with Gasteiger partial charge >= 0.3 is 5.97 Å². The molecular weight excluding hydrogens is 174 g/mol. The van der Waals surface area contributed by atoms with Gasteiger partial charge in [0.15, 0.2) is 6.61 Å². The molecule has 0 fully saturated rings. The number of thiazole rings is 1. The summed E-state index contributed by atoms with van der Waals surface area (Å²) in [6, 6.07) is 0. The average molecular weight is 181 g/mol. The molecule has 0 radical (unpaired) electrons. The van der Waals surface area contributed by atoms with Crippen molar-refractivity contribution in [1.82, 2.24) is 4.98 Å². The van der Waals surface area contributed by atoms with Crippen molar-refractivity contribution < 1.29 is 9.53 Å². The highest BCUT2D eigenvalue weighted by molar-refractivity contribution is 7.13. The number of esters is 1. The Balaban J connectivity index is 2.61. The number of aromatic nitrogens is 1. The lowest BCUT2D eigenvalue weighted by atomic mass is 10.5. The molecule has 0 aromatic carbocycles. The maximum atomic E-state index is 11.1. The molecule has 0 N–H and O–H groups in total. The minimum absolute atomic E-state index is 0.00970. The molecule has 1 aromatic rings. The van der Waals surface area contributed by atoms with Crippen LogP contribution in [0.1, 0.15) is 14.7 Å². The second-order valence-electron chi connectivity index (χ2n) is 2.02. The molecule has 3 nitrogen and oxygen atoms in total. The van der Waals surface area contributed by atoms with Gasteiger partial charge in [-0.05, 0) is 6.92 Å². The molecule has 0 amide bonds. The van der Waals surface area contributed by atoms with Crippen molar-refractivity contribution in [3.8, 4) is 12.3 Å². The summed E-state index contributed by atoms with van der Waals surface area (Å²) in [7, 11) is 0. The van der Waals surface area contributed by atoms with Crippen molar-refractivity contribution in [3.05, 3.63) is 16.1 Å². The van der Waals surface area contributed by atoms with Gasteiger partial charge < -0.3 is 4.74 Å². The summed E-state index contributed by atoms with van der Waals surface area (Å²) in [5.74, 6) is 1.81. The minimum Gasteiger partial charge on any atom is -0.448 e. The Morgan fingerprint density at radius 2 is 2.67 bits per heavy atom. The third kappa shape index (κ3) is 2.07. The lowest BCUT2D eigenvalue weighted by molar-refractivity contribution is 0.0562. The summed E-state index contributed by atoms with van der Waals surface area (Å²) in [6.07, 6.45) is 6.41. The number of terminal acetylenes is 1. The summed E-state index contributed by atoms with van der Waals surface area (Å²) in [5, 5.41) is 0.836. The van der Waals surface area contributed by atoms with Crippen LogP contribution in [0.25, 0.3) is 0 Å². The lowest BCUT2D eigenvalue weighted by Crippen LogP contribution is -2.02. The number of carbonyl (C=O) groups is 1. The molecule has 12 heavy (non-hydrogen) atoms. The summed E-state index contributed by atoms with van der Waals surface area (Å²) in [4.78, 5) is 15.5. The van der Waals surface area contributed by atoms with E-state index in [0.717, 1.165) is 5.01 Å². The topological polar surface area (TPSA) is 39.2 Å². The van der Waals surface area contributed by atoms with E-state index in [2.05, 4.69) is 15.6 Å². The quantitative estimate of drug-likeness (QED) is 0.509. The van der Waals surface area contributed by atoms with E-state index in [4.69, 9.17) is 6.42 Å². The fourth-order valence-corrected chi connectivity index (χ4v) is 1.31. The molecule has 0 saturated carbocycles. The van der Waals surface area contributed by atoms with Crippen LogP contribution < -0.4 is 0 Å². The van der Waals surface area contributed by atoms with Gasteiger partial charge in [0.2, 0.25) is 0 Å². The second kappa shape index (κ2) is 3.88. The third-order valence-corrected chi connectivity index (χ3v) is 2.00. The Hall–Kier alpha value is -1.34. The van der Waals surface area contributed by atoms with Gasteiger partial charge in [-0.1, -0.05) is 5.92 Å². The number of carbonyl (C=O) groups excluding carboxylic acids is 1. The van der Waals surface area contributed by atoms with E-state index < -0.39 is 5.97 Å². The van der Waals surface area contributed by atoms with Gasteiger partial charge in [-0.15, -0.1) is 17.8 Å². The number of ether oxygens (including phenoxy) is 1. The predicted octanol–water partition coefficient (Wildman–Crippen LogP) is 1.24. The molecule has 0 aliphatic carbocycles. The molecule has 1 heterocycles. The predicted molar refractivity (Wildman–Crippen MR) is 46.0 cm³/mol. The third-order valence-electron chi connectivity index (χ3n) is 1.11. The average Bonchev–Trinajstić information content (AvgIpc) is 2.47. The molecule has 62 valence electrons.